The molecular formula is C71H44N4O2. The highest BCUT2D eigenvalue weighted by Gasteiger charge is 2.55. The van der Waals surface area contributed by atoms with E-state index in [0.29, 0.717) is 22.9 Å². The van der Waals surface area contributed by atoms with Crippen LogP contribution in [0.25, 0.3) is 88.9 Å². The van der Waals surface area contributed by atoms with Crippen LogP contribution in [0.15, 0.2) is 276 Å². The lowest BCUT2D eigenvalue weighted by Gasteiger charge is -2.33. The largest absolute Gasteiger partial charge is 0.435 e. The molecule has 2 aliphatic carbocycles. The molecule has 6 heteroatoms. The first kappa shape index (κ1) is 43.1. The molecule has 77 heavy (non-hydrogen) atoms. The molecule has 0 fully saturated rings. The van der Waals surface area contributed by atoms with Gasteiger partial charge in [-0.05, 0) is 117 Å². The van der Waals surface area contributed by atoms with Crippen molar-refractivity contribution in [1.82, 2.24) is 9.97 Å². The van der Waals surface area contributed by atoms with Gasteiger partial charge < -0.3 is 18.6 Å². The number of nitrogens with zero attached hydrogens (tertiary/aromatic N) is 4. The first-order chi connectivity index (χ1) is 38.2. The van der Waals surface area contributed by atoms with E-state index in [9.17, 15) is 0 Å². The molecule has 360 valence electrons. The molecule has 0 saturated carbocycles. The van der Waals surface area contributed by atoms with Crippen LogP contribution in [0.4, 0.5) is 34.1 Å². The van der Waals surface area contributed by atoms with Crippen LogP contribution in [0.5, 0.6) is 0 Å². The molecule has 2 aliphatic rings. The Balaban J connectivity index is 1.11. The highest BCUT2D eigenvalue weighted by Crippen LogP contribution is 2.67. The van der Waals surface area contributed by atoms with Crippen molar-refractivity contribution in [3.63, 3.8) is 0 Å². The van der Waals surface area contributed by atoms with Crippen LogP contribution >= 0.6 is 0 Å². The molecule has 0 amide bonds. The zero-order chi connectivity index (χ0) is 50.6. The summed E-state index contributed by atoms with van der Waals surface area (Å²) in [5, 5.41) is 4.51. The van der Waals surface area contributed by atoms with Crippen LogP contribution in [0.3, 0.4) is 0 Å². The van der Waals surface area contributed by atoms with E-state index in [1.54, 1.807) is 0 Å². The molecular weight excluding hydrogens is 941 g/mol. The van der Waals surface area contributed by atoms with Gasteiger partial charge in [-0.15, -0.1) is 0 Å². The molecule has 14 aromatic rings. The number of fused-ring (bicyclic) bond motifs is 16. The zero-order valence-electron chi connectivity index (χ0n) is 41.5. The Morgan fingerprint density at radius 1 is 0.312 bits per heavy atom. The number of hydrogen-bond acceptors (Lipinski definition) is 6. The summed E-state index contributed by atoms with van der Waals surface area (Å²) in [6, 6.07) is 94.9. The smallest absolute Gasteiger partial charge is 0.227 e. The molecule has 0 radical (unpaired) electrons. The highest BCUT2D eigenvalue weighted by atomic mass is 16.4. The molecule has 12 aromatic carbocycles. The second-order valence-corrected chi connectivity index (χ2v) is 19.9. The first-order valence-electron chi connectivity index (χ1n) is 26.1. The van der Waals surface area contributed by atoms with E-state index < -0.39 is 5.41 Å². The van der Waals surface area contributed by atoms with E-state index in [1.807, 2.05) is 36.4 Å². The van der Waals surface area contributed by atoms with E-state index in [1.165, 1.54) is 22.3 Å². The molecule has 2 heterocycles. The lowest BCUT2D eigenvalue weighted by atomic mass is 9.70. The number of hydrogen-bond donors (Lipinski definition) is 0. The third-order valence-corrected chi connectivity index (χ3v) is 15.9. The van der Waals surface area contributed by atoms with Crippen molar-refractivity contribution in [2.75, 3.05) is 9.80 Å². The van der Waals surface area contributed by atoms with Gasteiger partial charge >= 0.3 is 0 Å². The molecule has 0 saturated heterocycles. The lowest BCUT2D eigenvalue weighted by molar-refractivity contribution is 0.616. The number of anilines is 6. The van der Waals surface area contributed by atoms with Crippen molar-refractivity contribution in [1.29, 1.82) is 0 Å². The Morgan fingerprint density at radius 2 is 0.675 bits per heavy atom. The van der Waals surface area contributed by atoms with Crippen molar-refractivity contribution >= 4 is 77.9 Å². The van der Waals surface area contributed by atoms with Crippen molar-refractivity contribution in [3.8, 4) is 45.2 Å². The summed E-state index contributed by atoms with van der Waals surface area (Å²) in [6.45, 7) is 0. The van der Waals surface area contributed by atoms with Crippen LogP contribution in [0.1, 0.15) is 22.3 Å². The van der Waals surface area contributed by atoms with Gasteiger partial charge in [-0.2, -0.15) is 0 Å². The quantitative estimate of drug-likeness (QED) is 0.151. The van der Waals surface area contributed by atoms with E-state index in [4.69, 9.17) is 18.8 Å². The van der Waals surface area contributed by atoms with Gasteiger partial charge in [0.15, 0.2) is 11.2 Å². The Hall–Kier alpha value is -10.3. The predicted molar refractivity (Wildman–Crippen MR) is 313 cm³/mol. The van der Waals surface area contributed by atoms with Gasteiger partial charge in [-0.3, -0.25) is 0 Å². The third-order valence-electron chi connectivity index (χ3n) is 15.9. The average Bonchev–Trinajstić information content (AvgIpc) is 4.30. The topological polar surface area (TPSA) is 58.5 Å². The molecule has 0 unspecified atom stereocenters. The fraction of sp³-hybridized carbons (Fsp3) is 0.0141. The zero-order valence-corrected chi connectivity index (χ0v) is 41.5. The number of aromatic nitrogens is 2. The van der Waals surface area contributed by atoms with E-state index in [-0.39, 0.29) is 0 Å². The normalized spacial score (nSPS) is 12.8. The van der Waals surface area contributed by atoms with Crippen LogP contribution < -0.4 is 9.80 Å². The maximum absolute atomic E-state index is 7.48. The molecule has 1 spiro atoms. The first-order valence-corrected chi connectivity index (χ1v) is 26.1. The minimum absolute atomic E-state index is 0.525. The van der Waals surface area contributed by atoms with Crippen LogP contribution in [0, 0.1) is 0 Å². The summed E-state index contributed by atoms with van der Waals surface area (Å²) < 4.78 is 15.0. The Morgan fingerprint density at radius 3 is 1.12 bits per heavy atom. The fourth-order valence-corrected chi connectivity index (χ4v) is 12.7. The number of rotatable bonds is 8. The number of para-hydroxylation sites is 2. The minimum Gasteiger partial charge on any atom is -0.435 e. The van der Waals surface area contributed by atoms with Crippen molar-refractivity contribution < 1.29 is 8.83 Å². The molecule has 6 nitrogen and oxygen atoms in total. The lowest BCUT2D eigenvalue weighted by Crippen LogP contribution is -2.26. The maximum atomic E-state index is 7.48. The van der Waals surface area contributed by atoms with E-state index in [0.717, 1.165) is 100 Å². The van der Waals surface area contributed by atoms with Gasteiger partial charge in [0.1, 0.15) is 11.0 Å². The Bertz CT molecular complexity index is 4340. The van der Waals surface area contributed by atoms with Gasteiger partial charge in [0.25, 0.3) is 0 Å². The van der Waals surface area contributed by atoms with Gasteiger partial charge in [-0.25, -0.2) is 9.97 Å². The molecule has 16 rings (SSSR count). The molecule has 0 bridgehead atoms. The van der Waals surface area contributed by atoms with Crippen molar-refractivity contribution in [2.24, 2.45) is 0 Å². The third kappa shape index (κ3) is 6.30. The van der Waals surface area contributed by atoms with E-state index in [2.05, 4.69) is 240 Å². The summed E-state index contributed by atoms with van der Waals surface area (Å²) in [4.78, 5) is 16.0. The molecule has 0 atom stereocenters. The van der Waals surface area contributed by atoms with Crippen LogP contribution in [-0.4, -0.2) is 9.97 Å². The molecule has 2 aromatic heterocycles. The maximum Gasteiger partial charge on any atom is 0.227 e. The van der Waals surface area contributed by atoms with Crippen molar-refractivity contribution in [3.05, 3.63) is 289 Å². The van der Waals surface area contributed by atoms with E-state index >= 15 is 0 Å². The second-order valence-electron chi connectivity index (χ2n) is 19.9. The van der Waals surface area contributed by atoms with Gasteiger partial charge in [0.05, 0.1) is 28.2 Å². The minimum atomic E-state index is -0.897. The summed E-state index contributed by atoms with van der Waals surface area (Å²) in [7, 11) is 0. The number of benzene rings is 12. The predicted octanol–water partition coefficient (Wildman–Crippen LogP) is 18.9. The highest BCUT2D eigenvalue weighted by molar-refractivity contribution is 6.17. The van der Waals surface area contributed by atoms with Crippen LogP contribution in [0.2, 0.25) is 0 Å². The Labute approximate surface area is 444 Å². The summed E-state index contributed by atoms with van der Waals surface area (Å²) >= 11 is 0. The fourth-order valence-electron chi connectivity index (χ4n) is 12.7. The molecule has 0 aliphatic heterocycles. The SMILES string of the molecule is c1ccc(-c2nc3c(N(c4ccccc4)c4cccc5ccccc45)cc4c(c3o2)-c2c(cc(N(c3ccccc3)c3cccc5ccccc35)c3nc(-c5ccccc5)oc23)C42c3ccccc3-c3ccccc32)cc1. The molecule has 0 N–H and O–H groups in total. The standard InChI is InChI=1S/C71H44N4O2/c1-5-25-47(26-6-1)69-72-65-61(74(49-31-9-3-10-32-49)59-41-21-29-45-23-13-15-35-51(45)59)43-57-63(67(65)76-69)64-58(71(57)55-39-19-17-37-53(55)54-38-18-20-40-56(54)71)44-62(66-68(64)77-70(73-66)48-27-7-2-8-28-48)75(50-33-11-4-12-34-50)60-42-22-30-46-24-14-16-36-52(46)60/h1-44H. The summed E-state index contributed by atoms with van der Waals surface area (Å²) in [6.07, 6.45) is 0. The summed E-state index contributed by atoms with van der Waals surface area (Å²) in [5.74, 6) is 1.05. The monoisotopic (exact) mass is 984 g/mol. The summed E-state index contributed by atoms with van der Waals surface area (Å²) in [5.41, 5.74) is 18.2. The van der Waals surface area contributed by atoms with Crippen molar-refractivity contribution in [2.45, 2.75) is 5.41 Å². The van der Waals surface area contributed by atoms with Gasteiger partial charge in [0, 0.05) is 44.4 Å². The second kappa shape index (κ2) is 16.9. The average molecular weight is 985 g/mol. The number of oxazole rings is 2. The Kier molecular flexibility index (Phi) is 9.45. The van der Waals surface area contributed by atoms with Gasteiger partial charge in [0.2, 0.25) is 11.8 Å². The van der Waals surface area contributed by atoms with Gasteiger partial charge in [-0.1, -0.05) is 194 Å². The van der Waals surface area contributed by atoms with Crippen LogP contribution in [-0.2, 0) is 5.41 Å².